The van der Waals surface area contributed by atoms with Crippen LogP contribution in [0.1, 0.15) is 83.6 Å². The molecule has 12 heteroatoms. The molecule has 3 aromatic rings. The first-order valence-corrected chi connectivity index (χ1v) is 18.4. The Balaban J connectivity index is 1.48. The van der Waals surface area contributed by atoms with Gasteiger partial charge in [-0.3, -0.25) is 18.4 Å². The van der Waals surface area contributed by atoms with Gasteiger partial charge in [-0.2, -0.15) is 0 Å². The minimum atomic E-state index is -1.35. The molecule has 4 rings (SSSR count). The van der Waals surface area contributed by atoms with Crippen molar-refractivity contribution in [2.24, 2.45) is 5.92 Å². The number of carbonyl (C=O) groups excluding carboxylic acids is 4. The summed E-state index contributed by atoms with van der Waals surface area (Å²) in [5.74, 6) is 0.435. The first kappa shape index (κ1) is 39.3. The summed E-state index contributed by atoms with van der Waals surface area (Å²) in [5, 5.41) is 7.92. The van der Waals surface area contributed by atoms with Crippen molar-refractivity contribution in [2.75, 3.05) is 25.5 Å². The number of rotatable bonds is 14. The van der Waals surface area contributed by atoms with Gasteiger partial charge in [-0.15, -0.1) is 0 Å². The van der Waals surface area contributed by atoms with Crippen LogP contribution < -0.4 is 20.7 Å². The van der Waals surface area contributed by atoms with Gasteiger partial charge >= 0.3 is 6.09 Å². The van der Waals surface area contributed by atoms with E-state index in [9.17, 15) is 19.2 Å². The van der Waals surface area contributed by atoms with E-state index < -0.39 is 40.3 Å². The van der Waals surface area contributed by atoms with E-state index in [0.717, 1.165) is 43.5 Å². The molecule has 0 radical (unpaired) electrons. The van der Waals surface area contributed by atoms with Gasteiger partial charge in [-0.05, 0) is 114 Å². The molecular weight excluding hydrogens is 667 g/mol. The van der Waals surface area contributed by atoms with E-state index in [-0.39, 0.29) is 5.91 Å². The molecule has 2 aromatic carbocycles. The Morgan fingerprint density at radius 2 is 1.61 bits per heavy atom. The summed E-state index contributed by atoms with van der Waals surface area (Å²) in [6, 6.07) is 18.3. The van der Waals surface area contributed by atoms with Crippen LogP contribution in [0.3, 0.4) is 0 Å². The summed E-state index contributed by atoms with van der Waals surface area (Å²) in [7, 11) is 1.61. The van der Waals surface area contributed by atoms with Gasteiger partial charge in [0.05, 0.1) is 12.8 Å². The number of anilines is 1. The monoisotopic (exact) mass is 719 g/mol. The van der Waals surface area contributed by atoms with Crippen LogP contribution in [0.25, 0.3) is 0 Å². The minimum absolute atomic E-state index is 0.0418. The Morgan fingerprint density at radius 1 is 0.941 bits per heavy atom. The third kappa shape index (κ3) is 12.1. The summed E-state index contributed by atoms with van der Waals surface area (Å²) < 4.78 is 12.5. The zero-order valence-corrected chi connectivity index (χ0v) is 31.7. The molecule has 0 spiro atoms. The second-order valence-corrected chi connectivity index (χ2v) is 15.8. The second-order valence-electron chi connectivity index (χ2n) is 14.7. The lowest BCUT2D eigenvalue weighted by atomic mass is 9.98. The lowest BCUT2D eigenvalue weighted by Crippen LogP contribution is -2.58. The molecule has 1 aromatic heterocycles. The minimum Gasteiger partial charge on any atom is -0.497 e. The number of benzene rings is 2. The maximum absolute atomic E-state index is 13.9. The van der Waals surface area contributed by atoms with E-state index in [1.54, 1.807) is 60.2 Å². The number of piperidine rings is 1. The summed E-state index contributed by atoms with van der Waals surface area (Å²) >= 11 is 1.36. The Kier molecular flexibility index (Phi) is 13.6. The van der Waals surface area contributed by atoms with E-state index in [2.05, 4.69) is 22.9 Å². The van der Waals surface area contributed by atoms with Crippen molar-refractivity contribution in [3.05, 3.63) is 84.2 Å². The summed E-state index contributed by atoms with van der Waals surface area (Å²) in [6.45, 7) is 12.0. The van der Waals surface area contributed by atoms with Crippen molar-refractivity contribution in [3.8, 4) is 5.75 Å². The highest BCUT2D eigenvalue weighted by Gasteiger charge is 2.35. The largest absolute Gasteiger partial charge is 0.497 e. The van der Waals surface area contributed by atoms with Crippen LogP contribution in [-0.4, -0.2) is 70.1 Å². The van der Waals surface area contributed by atoms with Gasteiger partial charge < -0.3 is 30.3 Å². The average Bonchev–Trinajstić information content (AvgIpc) is 3.52. The summed E-state index contributed by atoms with van der Waals surface area (Å²) in [6.07, 6.45) is 6.52. The number of likely N-dealkylation sites (tertiary alicyclic amines) is 1. The lowest BCUT2D eigenvalue weighted by Gasteiger charge is -2.33. The molecule has 1 aliphatic heterocycles. The summed E-state index contributed by atoms with van der Waals surface area (Å²) in [5.41, 5.74) is 0.417. The van der Waals surface area contributed by atoms with Gasteiger partial charge in [0.25, 0.3) is 0 Å². The molecule has 276 valence electrons. The van der Waals surface area contributed by atoms with Crippen molar-refractivity contribution in [1.82, 2.24) is 19.5 Å². The third-order valence-electron chi connectivity index (χ3n) is 8.70. The number of ether oxygens (including phenoxy) is 2. The van der Waals surface area contributed by atoms with Crippen LogP contribution in [0.5, 0.6) is 5.75 Å². The number of carbonyl (C=O) groups is 4. The fraction of sp³-hybridized carbons (Fsp3) is 0.487. The van der Waals surface area contributed by atoms with Crippen LogP contribution in [0.15, 0.2) is 73.1 Å². The highest BCUT2D eigenvalue weighted by Crippen LogP contribution is 2.35. The van der Waals surface area contributed by atoms with E-state index in [0.29, 0.717) is 30.2 Å². The molecule has 2 atom stereocenters. The Bertz CT molecular complexity index is 1610. The molecule has 3 N–H and O–H groups in total. The van der Waals surface area contributed by atoms with E-state index in [4.69, 9.17) is 9.47 Å². The fourth-order valence-corrected chi connectivity index (χ4v) is 6.73. The average molecular weight is 720 g/mol. The molecule has 2 heterocycles. The number of nitrogens with one attached hydrogen (secondary N) is 3. The Hall–Kier alpha value is -4.45. The molecule has 4 amide bonds. The number of hydrogen-bond acceptors (Lipinski definition) is 7. The zero-order valence-electron chi connectivity index (χ0n) is 30.9. The first-order valence-electron chi connectivity index (χ1n) is 17.6. The van der Waals surface area contributed by atoms with Crippen LogP contribution in [0.4, 0.5) is 10.5 Å². The molecular formula is C39H53N5O6S. The molecule has 0 bridgehead atoms. The van der Waals surface area contributed by atoms with Gasteiger partial charge in [0.15, 0.2) is 0 Å². The third-order valence-corrected chi connectivity index (χ3v) is 9.86. The molecule has 51 heavy (non-hydrogen) atoms. The van der Waals surface area contributed by atoms with Crippen LogP contribution in [-0.2, 0) is 25.5 Å². The maximum Gasteiger partial charge on any atom is 0.408 e. The normalized spacial score (nSPS) is 15.0. The molecule has 11 nitrogen and oxygen atoms in total. The van der Waals surface area contributed by atoms with Crippen molar-refractivity contribution in [2.45, 2.75) is 96.1 Å². The van der Waals surface area contributed by atoms with Crippen molar-refractivity contribution in [1.29, 1.82) is 0 Å². The van der Waals surface area contributed by atoms with Crippen molar-refractivity contribution < 1.29 is 28.7 Å². The predicted octanol–water partition coefficient (Wildman–Crippen LogP) is 6.74. The number of hydrogen-bond donors (Lipinski definition) is 3. The highest BCUT2D eigenvalue weighted by molar-refractivity contribution is 7.98. The SMILES string of the molecule is COc1ccc(C(Sn2ccc(NC(=O)[C@@H](CCCc3ccccc3)NC(=O)C(C)(C)NC(=O)OC(C)(C)C)c2)C(=O)N2CCC(C)CC2)cc1. The standard InChI is InChI=1S/C39H53N5O6S/c1-27-20-23-43(24-21-27)35(46)33(29-16-18-31(49-7)19-17-29)51-44-25-22-30(26-44)40-34(45)32(15-11-14-28-12-9-8-10-13-28)41-36(47)39(5,6)42-37(48)50-38(2,3)4/h8-10,12-13,16-19,22,25-27,32-33H,11,14-15,20-21,23-24H2,1-7H3,(H,40,45)(H,41,47)(H,42,48)/t32-,33?/m1/s1. The maximum atomic E-state index is 13.9. The van der Waals surface area contributed by atoms with Gasteiger partial charge in [-0.1, -0.05) is 49.4 Å². The molecule has 1 unspecified atom stereocenters. The molecule has 0 aliphatic carbocycles. The summed E-state index contributed by atoms with van der Waals surface area (Å²) in [4.78, 5) is 55.5. The first-order chi connectivity index (χ1) is 24.1. The van der Waals surface area contributed by atoms with Crippen LogP contribution in [0, 0.1) is 5.92 Å². The molecule has 1 saturated heterocycles. The van der Waals surface area contributed by atoms with Crippen LogP contribution in [0.2, 0.25) is 0 Å². The van der Waals surface area contributed by atoms with E-state index in [1.807, 2.05) is 63.5 Å². The number of nitrogens with zero attached hydrogens (tertiary/aromatic N) is 2. The van der Waals surface area contributed by atoms with Gasteiger partial charge in [-0.25, -0.2) is 4.79 Å². The van der Waals surface area contributed by atoms with E-state index in [1.165, 1.54) is 11.9 Å². The lowest BCUT2D eigenvalue weighted by molar-refractivity contribution is -0.132. The highest BCUT2D eigenvalue weighted by atomic mass is 32.2. The van der Waals surface area contributed by atoms with Gasteiger partial charge in [0.2, 0.25) is 17.7 Å². The number of amides is 4. The van der Waals surface area contributed by atoms with E-state index >= 15 is 0 Å². The second kappa shape index (κ2) is 17.7. The predicted molar refractivity (Wildman–Crippen MR) is 202 cm³/mol. The van der Waals surface area contributed by atoms with Crippen molar-refractivity contribution >= 4 is 41.5 Å². The zero-order chi connectivity index (χ0) is 37.2. The Labute approximate surface area is 306 Å². The van der Waals surface area contributed by atoms with Gasteiger partial charge in [0.1, 0.15) is 28.2 Å². The smallest absolute Gasteiger partial charge is 0.408 e. The number of aryl methyl sites for hydroxylation is 1. The fourth-order valence-electron chi connectivity index (χ4n) is 5.67. The molecule has 1 fully saturated rings. The number of methoxy groups -OCH3 is 1. The van der Waals surface area contributed by atoms with Crippen molar-refractivity contribution in [3.63, 3.8) is 0 Å². The molecule has 1 aliphatic rings. The Morgan fingerprint density at radius 3 is 2.24 bits per heavy atom. The number of aromatic nitrogens is 1. The van der Waals surface area contributed by atoms with Gasteiger partial charge in [0, 0.05) is 25.5 Å². The van der Waals surface area contributed by atoms with Crippen LogP contribution >= 0.6 is 11.9 Å². The quantitative estimate of drug-likeness (QED) is 0.168. The topological polar surface area (TPSA) is 131 Å². The number of alkyl carbamates (subject to hydrolysis) is 1. The molecule has 0 saturated carbocycles.